The average molecular weight is 458 g/mol. The number of carbonyl (C=O) groups excluding carboxylic acids is 1. The Hall–Kier alpha value is -3.20. The number of carbonyl (C=O) groups is 1. The summed E-state index contributed by atoms with van der Waals surface area (Å²) in [5, 5.41) is 11.4. The molecule has 166 valence electrons. The molecule has 0 aliphatic carbocycles. The number of aliphatic imine (C=N–C) groups is 1. The minimum Gasteiger partial charge on any atom is -0.412 e. The van der Waals surface area contributed by atoms with Crippen LogP contribution in [0.2, 0.25) is 0 Å². The fraction of sp³-hybridized carbons (Fsp3) is 0.263. The minimum atomic E-state index is -3.09. The smallest absolute Gasteiger partial charge is 0.274 e. The molecule has 0 fully saturated rings. The predicted molar refractivity (Wildman–Crippen MR) is 109 cm³/mol. The highest BCUT2D eigenvalue weighted by atomic mass is 35.5. The van der Waals surface area contributed by atoms with E-state index in [1.165, 1.54) is 18.3 Å². The minimum absolute atomic E-state index is 0. The van der Waals surface area contributed by atoms with Gasteiger partial charge in [0, 0.05) is 17.4 Å². The van der Waals surface area contributed by atoms with Gasteiger partial charge in [0.2, 0.25) is 0 Å². The fourth-order valence-electron chi connectivity index (χ4n) is 3.00. The average Bonchev–Trinajstić information content (AvgIpc) is 2.68. The highest BCUT2D eigenvalue weighted by Crippen LogP contribution is 2.38. The van der Waals surface area contributed by atoms with E-state index < -0.39 is 35.9 Å². The van der Waals surface area contributed by atoms with Gasteiger partial charge in [-0.2, -0.15) is 5.26 Å². The summed E-state index contributed by atoms with van der Waals surface area (Å²) in [6, 6.07) is 6.65. The first-order valence-electron chi connectivity index (χ1n) is 8.45. The predicted octanol–water partition coefficient (Wildman–Crippen LogP) is 2.10. The Labute approximate surface area is 181 Å². The van der Waals surface area contributed by atoms with Gasteiger partial charge in [0.15, 0.2) is 5.54 Å². The molecule has 1 amide bonds. The zero-order chi connectivity index (χ0) is 21.2. The molecule has 31 heavy (non-hydrogen) atoms. The first-order chi connectivity index (χ1) is 13.8. The zero-order valence-corrected chi connectivity index (χ0v) is 17.0. The van der Waals surface area contributed by atoms with Crippen molar-refractivity contribution >= 4 is 29.8 Å². The number of rotatable bonds is 4. The van der Waals surface area contributed by atoms with E-state index in [9.17, 15) is 18.0 Å². The van der Waals surface area contributed by atoms with Crippen LogP contribution in [0, 0.1) is 24.1 Å². The molecule has 0 radical (unpaired) electrons. The van der Waals surface area contributed by atoms with Crippen molar-refractivity contribution in [1.29, 1.82) is 5.26 Å². The molecule has 0 saturated carbocycles. The molecule has 0 saturated heterocycles. The second-order valence-electron chi connectivity index (χ2n) is 6.47. The second kappa shape index (κ2) is 10.2. The van der Waals surface area contributed by atoms with Gasteiger partial charge in [-0.15, -0.1) is 12.4 Å². The van der Waals surface area contributed by atoms with Crippen LogP contribution in [0.25, 0.3) is 0 Å². The Balaban J connectivity index is 0.00000240. The molecule has 12 heteroatoms. The lowest BCUT2D eigenvalue weighted by molar-refractivity contribution is -0.0145. The van der Waals surface area contributed by atoms with Crippen molar-refractivity contribution in [2.24, 2.45) is 10.7 Å². The van der Waals surface area contributed by atoms with Crippen molar-refractivity contribution in [1.82, 2.24) is 4.98 Å². The van der Waals surface area contributed by atoms with E-state index in [-0.39, 0.29) is 47.3 Å². The van der Waals surface area contributed by atoms with Gasteiger partial charge in [0.05, 0.1) is 12.2 Å². The van der Waals surface area contributed by atoms with E-state index in [1.54, 1.807) is 6.92 Å². The molecule has 5 N–H and O–H groups in total. The number of alkyl halides is 2. The second-order valence-corrected chi connectivity index (χ2v) is 6.47. The quantitative estimate of drug-likeness (QED) is 0.722. The van der Waals surface area contributed by atoms with E-state index in [4.69, 9.17) is 15.7 Å². The first kappa shape index (κ1) is 25.8. The number of pyridine rings is 1. The number of nitrogens with two attached hydrogens (primary N) is 1. The standard InChI is InChI=1S/C19H16F3N5O2.ClH.H2O/c1-10-4-11(6-23)7-25-16(10)17(28)26-12-2-3-14(20)13(5-12)19(18(21)22)9-29-8-15(24)27-19;;/h2-5,7,18H,8-9H2,1H3,(H2,24,27)(H,26,28);1H;1H2/t19-;;/m0../s1. The number of nitrogens with zero attached hydrogens (tertiary/aromatic N) is 3. The zero-order valence-electron chi connectivity index (χ0n) is 16.2. The number of aromatic nitrogens is 1. The molecule has 1 aliphatic rings. The number of halogens is 4. The summed E-state index contributed by atoms with van der Waals surface area (Å²) >= 11 is 0. The highest BCUT2D eigenvalue weighted by molar-refractivity contribution is 6.03. The number of hydrogen-bond acceptors (Lipinski definition) is 6. The van der Waals surface area contributed by atoms with E-state index in [0.717, 1.165) is 12.1 Å². The Bertz CT molecular complexity index is 1040. The molecule has 1 aromatic heterocycles. The van der Waals surface area contributed by atoms with Crippen LogP contribution in [-0.4, -0.2) is 41.8 Å². The maximum atomic E-state index is 14.4. The monoisotopic (exact) mass is 457 g/mol. The lowest BCUT2D eigenvalue weighted by Crippen LogP contribution is -2.45. The summed E-state index contributed by atoms with van der Waals surface area (Å²) in [5.41, 5.74) is 3.63. The summed E-state index contributed by atoms with van der Waals surface area (Å²) in [6.07, 6.45) is -1.86. The molecule has 1 aliphatic heterocycles. The number of ether oxygens (including phenoxy) is 1. The third kappa shape index (κ3) is 5.11. The maximum Gasteiger partial charge on any atom is 0.274 e. The summed E-state index contributed by atoms with van der Waals surface area (Å²) in [6.45, 7) is 0.910. The maximum absolute atomic E-state index is 14.4. The first-order valence-corrected chi connectivity index (χ1v) is 8.45. The lowest BCUT2D eigenvalue weighted by atomic mass is 9.90. The van der Waals surface area contributed by atoms with Gasteiger partial charge in [0.1, 0.15) is 30.0 Å². The molecule has 3 rings (SSSR count). The van der Waals surface area contributed by atoms with Crippen LogP contribution in [0.1, 0.15) is 27.2 Å². The van der Waals surface area contributed by atoms with E-state index in [1.807, 2.05) is 6.07 Å². The SMILES string of the molecule is Cc1cc(C#N)cnc1C(=O)Nc1ccc(F)c([C@]2(C(F)F)COCC(N)=N2)c1.Cl.O. The third-order valence-corrected chi connectivity index (χ3v) is 4.39. The molecule has 0 bridgehead atoms. The van der Waals surface area contributed by atoms with Crippen molar-refractivity contribution < 1.29 is 28.2 Å². The Morgan fingerprint density at radius 2 is 2.10 bits per heavy atom. The van der Waals surface area contributed by atoms with Crippen LogP contribution < -0.4 is 11.1 Å². The number of nitrogens with one attached hydrogen (secondary N) is 1. The van der Waals surface area contributed by atoms with Crippen LogP contribution in [-0.2, 0) is 10.3 Å². The van der Waals surface area contributed by atoms with Gasteiger partial charge in [-0.25, -0.2) is 18.2 Å². The number of hydrogen-bond donors (Lipinski definition) is 2. The van der Waals surface area contributed by atoms with Crippen molar-refractivity contribution in [3.8, 4) is 6.07 Å². The fourth-order valence-corrected chi connectivity index (χ4v) is 3.00. The number of amidine groups is 1. The van der Waals surface area contributed by atoms with Gasteiger partial charge < -0.3 is 21.3 Å². The van der Waals surface area contributed by atoms with Gasteiger partial charge in [-0.05, 0) is 36.8 Å². The normalized spacial score (nSPS) is 17.6. The van der Waals surface area contributed by atoms with Crippen LogP contribution in [0.15, 0.2) is 35.5 Å². The number of aryl methyl sites for hydroxylation is 1. The Morgan fingerprint density at radius 3 is 2.68 bits per heavy atom. The summed E-state index contributed by atoms with van der Waals surface area (Å²) in [5.74, 6) is -1.75. The van der Waals surface area contributed by atoms with Gasteiger partial charge in [-0.3, -0.25) is 9.79 Å². The Kier molecular flexibility index (Phi) is 8.51. The van der Waals surface area contributed by atoms with Gasteiger partial charge >= 0.3 is 0 Å². The molecule has 0 spiro atoms. The molecule has 0 unspecified atom stereocenters. The summed E-state index contributed by atoms with van der Waals surface area (Å²) in [4.78, 5) is 20.2. The Morgan fingerprint density at radius 1 is 1.39 bits per heavy atom. The largest absolute Gasteiger partial charge is 0.412 e. The number of amides is 1. The highest BCUT2D eigenvalue weighted by Gasteiger charge is 2.46. The summed E-state index contributed by atoms with van der Waals surface area (Å²) < 4.78 is 47.2. The molecule has 1 atom stereocenters. The van der Waals surface area contributed by atoms with Crippen molar-refractivity contribution in [2.75, 3.05) is 18.5 Å². The van der Waals surface area contributed by atoms with Gasteiger partial charge in [0.25, 0.3) is 12.3 Å². The third-order valence-electron chi connectivity index (χ3n) is 4.39. The number of benzene rings is 1. The van der Waals surface area contributed by atoms with Crippen molar-refractivity contribution in [3.05, 3.63) is 58.7 Å². The molecule has 2 heterocycles. The van der Waals surface area contributed by atoms with E-state index >= 15 is 0 Å². The summed E-state index contributed by atoms with van der Waals surface area (Å²) in [7, 11) is 0. The number of nitriles is 1. The number of anilines is 1. The molecular formula is C19H19ClF3N5O3. The van der Waals surface area contributed by atoms with E-state index in [2.05, 4.69) is 15.3 Å². The molecule has 1 aromatic carbocycles. The molecule has 8 nitrogen and oxygen atoms in total. The van der Waals surface area contributed by atoms with Crippen molar-refractivity contribution in [3.63, 3.8) is 0 Å². The molecule has 2 aromatic rings. The molecular weight excluding hydrogens is 439 g/mol. The van der Waals surface area contributed by atoms with Crippen LogP contribution in [0.3, 0.4) is 0 Å². The van der Waals surface area contributed by atoms with E-state index in [0.29, 0.717) is 5.56 Å². The van der Waals surface area contributed by atoms with Crippen LogP contribution in [0.5, 0.6) is 0 Å². The van der Waals surface area contributed by atoms with Crippen molar-refractivity contribution in [2.45, 2.75) is 18.9 Å². The topological polar surface area (TPSA) is 145 Å². The van der Waals surface area contributed by atoms with Crippen LogP contribution in [0.4, 0.5) is 18.9 Å². The van der Waals surface area contributed by atoms with Crippen LogP contribution >= 0.6 is 12.4 Å². The van der Waals surface area contributed by atoms with Gasteiger partial charge in [-0.1, -0.05) is 0 Å². The lowest BCUT2D eigenvalue weighted by Gasteiger charge is -2.33.